The number of rotatable bonds is 3. The molecular formula is C14H13NOS2. The maximum Gasteiger partial charge on any atom is 0.266 e. The molecule has 92 valence electrons. The van der Waals surface area contributed by atoms with Crippen molar-refractivity contribution in [3.63, 3.8) is 0 Å². The fraction of sp³-hybridized carbons (Fsp3) is 0.143. The third-order valence-electron chi connectivity index (χ3n) is 2.56. The smallest absolute Gasteiger partial charge is 0.266 e. The maximum absolute atomic E-state index is 12.1. The Kier molecular flexibility index (Phi) is 3.99. The van der Waals surface area contributed by atoms with E-state index in [4.69, 9.17) is 12.2 Å². The summed E-state index contributed by atoms with van der Waals surface area (Å²) in [6.07, 6.45) is 3.56. The molecular weight excluding hydrogens is 262 g/mol. The molecule has 4 heteroatoms. The van der Waals surface area contributed by atoms with Gasteiger partial charge in [0.05, 0.1) is 4.91 Å². The normalized spacial score (nSPS) is 17.6. The lowest BCUT2D eigenvalue weighted by molar-refractivity contribution is -0.121. The second kappa shape index (κ2) is 5.50. The lowest BCUT2D eigenvalue weighted by atomic mass is 10.1. The lowest BCUT2D eigenvalue weighted by Crippen LogP contribution is -2.27. The van der Waals surface area contributed by atoms with Gasteiger partial charge in [0.1, 0.15) is 4.32 Å². The number of carbonyl (C=O) groups is 1. The zero-order valence-electron chi connectivity index (χ0n) is 10.1. The summed E-state index contributed by atoms with van der Waals surface area (Å²) < 4.78 is 0.596. The Balaban J connectivity index is 2.24. The minimum atomic E-state index is -0.0366. The molecule has 0 spiro atoms. The first kappa shape index (κ1) is 13.1. The molecule has 0 unspecified atom stereocenters. The van der Waals surface area contributed by atoms with Gasteiger partial charge < -0.3 is 0 Å². The van der Waals surface area contributed by atoms with E-state index >= 15 is 0 Å². The van der Waals surface area contributed by atoms with Gasteiger partial charge in [-0.15, -0.1) is 6.58 Å². The van der Waals surface area contributed by atoms with E-state index in [1.165, 1.54) is 17.3 Å². The predicted octanol–water partition coefficient (Wildman–Crippen LogP) is 3.38. The first-order chi connectivity index (χ1) is 8.61. The van der Waals surface area contributed by atoms with Crippen LogP contribution >= 0.6 is 24.0 Å². The Bertz CT molecular complexity index is 531. The van der Waals surface area contributed by atoms with Crippen molar-refractivity contribution in [3.05, 3.63) is 53.0 Å². The highest BCUT2D eigenvalue weighted by atomic mass is 32.2. The largest absolute Gasteiger partial charge is 0.289 e. The molecule has 0 aromatic heterocycles. The molecule has 1 aliphatic rings. The van der Waals surface area contributed by atoms with Gasteiger partial charge in [0, 0.05) is 6.54 Å². The summed E-state index contributed by atoms with van der Waals surface area (Å²) in [5, 5.41) is 0. The molecule has 2 nitrogen and oxygen atoms in total. The number of carbonyl (C=O) groups excluding carboxylic acids is 1. The van der Waals surface area contributed by atoms with E-state index in [1.54, 1.807) is 11.0 Å². The molecule has 0 atom stereocenters. The molecule has 2 rings (SSSR count). The van der Waals surface area contributed by atoms with E-state index in [9.17, 15) is 4.79 Å². The van der Waals surface area contributed by atoms with E-state index in [2.05, 4.69) is 6.58 Å². The topological polar surface area (TPSA) is 20.3 Å². The fourth-order valence-electron chi connectivity index (χ4n) is 1.60. The third-order valence-corrected chi connectivity index (χ3v) is 3.94. The van der Waals surface area contributed by atoms with E-state index < -0.39 is 0 Å². The van der Waals surface area contributed by atoms with Crippen LogP contribution in [0.5, 0.6) is 0 Å². The Morgan fingerprint density at radius 3 is 2.67 bits per heavy atom. The number of nitrogens with zero attached hydrogens (tertiary/aromatic N) is 1. The van der Waals surface area contributed by atoms with E-state index in [1.807, 2.05) is 37.3 Å². The zero-order chi connectivity index (χ0) is 13.1. The molecule has 0 bridgehead atoms. The van der Waals surface area contributed by atoms with Crippen LogP contribution < -0.4 is 0 Å². The van der Waals surface area contributed by atoms with Crippen molar-refractivity contribution >= 4 is 40.3 Å². The Hall–Kier alpha value is -1.39. The van der Waals surface area contributed by atoms with E-state index in [0.29, 0.717) is 15.8 Å². The summed E-state index contributed by atoms with van der Waals surface area (Å²) in [6, 6.07) is 8.04. The van der Waals surface area contributed by atoms with Gasteiger partial charge in [-0.05, 0) is 18.6 Å². The van der Waals surface area contributed by atoms with Gasteiger partial charge in [0.2, 0.25) is 0 Å². The van der Waals surface area contributed by atoms with Crippen LogP contribution in [0.1, 0.15) is 11.1 Å². The van der Waals surface area contributed by atoms with Crippen LogP contribution in [0.4, 0.5) is 0 Å². The highest BCUT2D eigenvalue weighted by Crippen LogP contribution is 2.32. The van der Waals surface area contributed by atoms with E-state index in [-0.39, 0.29) is 5.91 Å². The van der Waals surface area contributed by atoms with Crippen LogP contribution in [0, 0.1) is 6.92 Å². The summed E-state index contributed by atoms with van der Waals surface area (Å²) >= 11 is 6.52. The number of hydrogen-bond acceptors (Lipinski definition) is 3. The molecule has 18 heavy (non-hydrogen) atoms. The Morgan fingerprint density at radius 2 is 2.06 bits per heavy atom. The second-order valence-electron chi connectivity index (χ2n) is 3.99. The van der Waals surface area contributed by atoms with Gasteiger partial charge in [0.15, 0.2) is 0 Å². The molecule has 1 amide bonds. The van der Waals surface area contributed by atoms with Crippen LogP contribution in [0.2, 0.25) is 0 Å². The Labute approximate surface area is 116 Å². The molecule has 0 N–H and O–H groups in total. The number of aryl methyl sites for hydroxylation is 1. The molecule has 1 aromatic rings. The number of thiocarbonyl (C=S) groups is 1. The molecule has 1 fully saturated rings. The number of hydrogen-bond donors (Lipinski definition) is 0. The highest BCUT2D eigenvalue weighted by molar-refractivity contribution is 8.26. The van der Waals surface area contributed by atoms with Crippen molar-refractivity contribution < 1.29 is 4.79 Å². The minimum Gasteiger partial charge on any atom is -0.289 e. The van der Waals surface area contributed by atoms with Crippen molar-refractivity contribution in [1.82, 2.24) is 4.90 Å². The van der Waals surface area contributed by atoms with Crippen LogP contribution in [-0.2, 0) is 4.79 Å². The second-order valence-corrected chi connectivity index (χ2v) is 5.67. The molecule has 0 aliphatic carbocycles. The summed E-state index contributed by atoms with van der Waals surface area (Å²) in [7, 11) is 0. The van der Waals surface area contributed by atoms with Crippen molar-refractivity contribution in [2.75, 3.05) is 6.54 Å². The first-order valence-electron chi connectivity index (χ1n) is 5.55. The van der Waals surface area contributed by atoms with E-state index in [0.717, 1.165) is 5.56 Å². The predicted molar refractivity (Wildman–Crippen MR) is 81.3 cm³/mol. The molecule has 1 aromatic carbocycles. The van der Waals surface area contributed by atoms with Crippen molar-refractivity contribution in [3.8, 4) is 0 Å². The summed E-state index contributed by atoms with van der Waals surface area (Å²) in [6.45, 7) is 6.13. The number of benzene rings is 1. The van der Waals surface area contributed by atoms with Crippen molar-refractivity contribution in [2.24, 2.45) is 0 Å². The van der Waals surface area contributed by atoms with Gasteiger partial charge in [-0.3, -0.25) is 9.69 Å². The maximum atomic E-state index is 12.1. The van der Waals surface area contributed by atoms with Gasteiger partial charge >= 0.3 is 0 Å². The number of thioether (sulfide) groups is 1. The average molecular weight is 275 g/mol. The monoisotopic (exact) mass is 275 g/mol. The van der Waals surface area contributed by atoms with Gasteiger partial charge in [-0.25, -0.2) is 0 Å². The lowest BCUT2D eigenvalue weighted by Gasteiger charge is -2.10. The SMILES string of the molecule is C=CCN1C(=O)/C(=C\c2ccc(C)cc2)SC1=S. The van der Waals surface area contributed by atoms with Crippen LogP contribution in [0.3, 0.4) is 0 Å². The summed E-state index contributed by atoms with van der Waals surface area (Å²) in [4.78, 5) is 14.3. The van der Waals surface area contributed by atoms with Gasteiger partial charge in [-0.2, -0.15) is 0 Å². The molecule has 0 saturated carbocycles. The van der Waals surface area contributed by atoms with Crippen molar-refractivity contribution in [2.45, 2.75) is 6.92 Å². The average Bonchev–Trinajstić information content (AvgIpc) is 2.60. The quantitative estimate of drug-likeness (QED) is 0.479. The van der Waals surface area contributed by atoms with Crippen LogP contribution in [0.25, 0.3) is 6.08 Å². The molecule has 1 heterocycles. The van der Waals surface area contributed by atoms with Crippen LogP contribution in [-0.4, -0.2) is 21.7 Å². The molecule has 1 aliphatic heterocycles. The standard InChI is InChI=1S/C14H13NOS2/c1-3-8-15-13(16)12(18-14(15)17)9-11-6-4-10(2)5-7-11/h3-7,9H,1,8H2,2H3/b12-9+. The summed E-state index contributed by atoms with van der Waals surface area (Å²) in [5.74, 6) is -0.0366. The number of amides is 1. The third kappa shape index (κ3) is 2.71. The first-order valence-corrected chi connectivity index (χ1v) is 6.77. The fourth-order valence-corrected chi connectivity index (χ4v) is 2.88. The van der Waals surface area contributed by atoms with Crippen LogP contribution in [0.15, 0.2) is 41.8 Å². The van der Waals surface area contributed by atoms with Gasteiger partial charge in [-0.1, -0.05) is 59.9 Å². The van der Waals surface area contributed by atoms with Gasteiger partial charge in [0.25, 0.3) is 5.91 Å². The minimum absolute atomic E-state index is 0.0366. The highest BCUT2D eigenvalue weighted by Gasteiger charge is 2.30. The Morgan fingerprint density at radius 1 is 1.39 bits per heavy atom. The zero-order valence-corrected chi connectivity index (χ0v) is 11.7. The summed E-state index contributed by atoms with van der Waals surface area (Å²) in [5.41, 5.74) is 2.21. The molecule has 1 saturated heterocycles. The van der Waals surface area contributed by atoms with Crippen molar-refractivity contribution in [1.29, 1.82) is 0 Å². The molecule has 0 radical (unpaired) electrons.